The smallest absolute Gasteiger partial charge is 0.321 e. The fourth-order valence-corrected chi connectivity index (χ4v) is 2.03. The van der Waals surface area contributed by atoms with E-state index >= 15 is 0 Å². The summed E-state index contributed by atoms with van der Waals surface area (Å²) >= 11 is 1.50. The van der Waals surface area contributed by atoms with E-state index in [9.17, 15) is 9.90 Å². The Morgan fingerprint density at radius 2 is 2.50 bits per heavy atom. The van der Waals surface area contributed by atoms with Gasteiger partial charge in [0.2, 0.25) is 5.95 Å². The number of aliphatic hydroxyl groups is 1. The van der Waals surface area contributed by atoms with Crippen molar-refractivity contribution in [3.05, 3.63) is 28.7 Å². The quantitative estimate of drug-likeness (QED) is 0.761. The molecule has 0 aromatic carbocycles. The van der Waals surface area contributed by atoms with Crippen LogP contribution in [-0.2, 0) is 7.05 Å². The molecule has 0 spiro atoms. The van der Waals surface area contributed by atoms with E-state index in [1.54, 1.807) is 7.05 Å². The topological polar surface area (TPSA) is 92.1 Å². The van der Waals surface area contributed by atoms with Gasteiger partial charge in [-0.15, -0.1) is 0 Å². The number of hydrogen-bond acceptors (Lipinski definition) is 5. The molecule has 96 valence electrons. The largest absolute Gasteiger partial charge is 0.387 e. The summed E-state index contributed by atoms with van der Waals surface area (Å²) in [5.41, 5.74) is 0.791. The maximum absolute atomic E-state index is 11.5. The van der Waals surface area contributed by atoms with Gasteiger partial charge in [0.05, 0.1) is 6.10 Å². The first-order valence-corrected chi connectivity index (χ1v) is 6.20. The first kappa shape index (κ1) is 12.5. The summed E-state index contributed by atoms with van der Waals surface area (Å²) in [6.07, 6.45) is 0.636. The van der Waals surface area contributed by atoms with E-state index in [4.69, 9.17) is 0 Å². The molecule has 0 aliphatic carbocycles. The third-order valence-electron chi connectivity index (χ3n) is 2.32. The monoisotopic (exact) mass is 267 g/mol. The molecule has 2 heterocycles. The summed E-state index contributed by atoms with van der Waals surface area (Å²) in [6, 6.07) is 1.39. The Labute approximate surface area is 107 Å². The SMILES string of the molecule is Cn1ncnc1NC(=O)NC[C@@H](O)c1ccsc1. The molecule has 8 heteroatoms. The van der Waals surface area contributed by atoms with Gasteiger partial charge in [0.25, 0.3) is 0 Å². The average molecular weight is 267 g/mol. The van der Waals surface area contributed by atoms with Gasteiger partial charge in [-0.2, -0.15) is 21.4 Å². The fraction of sp³-hybridized carbons (Fsp3) is 0.300. The molecule has 7 nitrogen and oxygen atoms in total. The van der Waals surface area contributed by atoms with Gasteiger partial charge in [0.1, 0.15) is 6.33 Å². The number of carbonyl (C=O) groups is 1. The number of nitrogens with one attached hydrogen (secondary N) is 2. The molecule has 0 aliphatic heterocycles. The summed E-state index contributed by atoms with van der Waals surface area (Å²) in [4.78, 5) is 15.4. The molecule has 2 aromatic rings. The number of rotatable bonds is 4. The minimum atomic E-state index is -0.707. The van der Waals surface area contributed by atoms with Crippen molar-refractivity contribution >= 4 is 23.3 Å². The average Bonchev–Trinajstić information content (AvgIpc) is 2.99. The predicted octanol–water partition coefficient (Wildman–Crippen LogP) is 0.732. The van der Waals surface area contributed by atoms with Crippen LogP contribution in [0, 0.1) is 0 Å². The maximum atomic E-state index is 11.5. The third-order valence-corrected chi connectivity index (χ3v) is 3.02. The molecule has 0 bridgehead atoms. The Morgan fingerprint density at radius 3 is 3.11 bits per heavy atom. The van der Waals surface area contributed by atoms with E-state index in [0.29, 0.717) is 5.95 Å². The van der Waals surface area contributed by atoms with E-state index in [2.05, 4.69) is 20.7 Å². The van der Waals surface area contributed by atoms with Crippen molar-refractivity contribution in [2.24, 2.45) is 7.05 Å². The first-order valence-electron chi connectivity index (χ1n) is 5.26. The van der Waals surface area contributed by atoms with Crippen LogP contribution >= 0.6 is 11.3 Å². The first-order chi connectivity index (χ1) is 8.66. The van der Waals surface area contributed by atoms with Crippen LogP contribution < -0.4 is 10.6 Å². The van der Waals surface area contributed by atoms with Gasteiger partial charge in [-0.1, -0.05) is 0 Å². The number of thiophene rings is 1. The van der Waals surface area contributed by atoms with Gasteiger partial charge in [-0.3, -0.25) is 5.32 Å². The molecular formula is C10H13N5O2S. The van der Waals surface area contributed by atoms with Crippen molar-refractivity contribution in [2.45, 2.75) is 6.10 Å². The van der Waals surface area contributed by atoms with Crippen molar-refractivity contribution in [3.63, 3.8) is 0 Å². The number of hydrogen-bond donors (Lipinski definition) is 3. The molecule has 2 rings (SSSR count). The highest BCUT2D eigenvalue weighted by atomic mass is 32.1. The highest BCUT2D eigenvalue weighted by molar-refractivity contribution is 7.07. The zero-order valence-corrected chi connectivity index (χ0v) is 10.5. The number of urea groups is 1. The minimum Gasteiger partial charge on any atom is -0.387 e. The van der Waals surface area contributed by atoms with Gasteiger partial charge in [-0.25, -0.2) is 9.48 Å². The highest BCUT2D eigenvalue weighted by Crippen LogP contribution is 2.14. The van der Waals surface area contributed by atoms with Crippen LogP contribution in [0.1, 0.15) is 11.7 Å². The lowest BCUT2D eigenvalue weighted by Crippen LogP contribution is -2.33. The van der Waals surface area contributed by atoms with Crippen LogP contribution in [0.25, 0.3) is 0 Å². The number of nitrogens with zero attached hydrogens (tertiary/aromatic N) is 3. The molecule has 0 unspecified atom stereocenters. The van der Waals surface area contributed by atoms with Crippen molar-refractivity contribution in [3.8, 4) is 0 Å². The van der Waals surface area contributed by atoms with Crippen LogP contribution in [0.5, 0.6) is 0 Å². The van der Waals surface area contributed by atoms with Crippen LogP contribution in [0.15, 0.2) is 23.2 Å². The lowest BCUT2D eigenvalue weighted by Gasteiger charge is -2.10. The van der Waals surface area contributed by atoms with Crippen molar-refractivity contribution < 1.29 is 9.90 Å². The van der Waals surface area contributed by atoms with Crippen LogP contribution in [0.3, 0.4) is 0 Å². The van der Waals surface area contributed by atoms with Gasteiger partial charge in [0, 0.05) is 13.6 Å². The van der Waals surface area contributed by atoms with E-state index < -0.39 is 12.1 Å². The predicted molar refractivity (Wildman–Crippen MR) is 67.3 cm³/mol. The summed E-state index contributed by atoms with van der Waals surface area (Å²) in [5, 5.41) is 22.4. The molecule has 0 aliphatic rings. The second kappa shape index (κ2) is 5.61. The number of anilines is 1. The van der Waals surface area contributed by atoms with Crippen molar-refractivity contribution in [1.29, 1.82) is 0 Å². The van der Waals surface area contributed by atoms with E-state index in [1.165, 1.54) is 22.3 Å². The lowest BCUT2D eigenvalue weighted by molar-refractivity contribution is 0.175. The van der Waals surface area contributed by atoms with E-state index in [1.807, 2.05) is 16.8 Å². The molecular weight excluding hydrogens is 254 g/mol. The zero-order chi connectivity index (χ0) is 13.0. The standard InChI is InChI=1S/C10H13N5O2S/c1-15-9(12-6-13-15)14-10(17)11-4-8(16)7-2-3-18-5-7/h2-3,5-6,8,16H,4H2,1H3,(H2,11,12,13,14,17)/t8-/m1/s1. The van der Waals surface area contributed by atoms with E-state index in [0.717, 1.165) is 5.56 Å². The Bertz CT molecular complexity index is 510. The molecule has 2 amide bonds. The van der Waals surface area contributed by atoms with Crippen LogP contribution in [0.2, 0.25) is 0 Å². The fourth-order valence-electron chi connectivity index (χ4n) is 1.33. The van der Waals surface area contributed by atoms with Crippen molar-refractivity contribution in [1.82, 2.24) is 20.1 Å². The van der Waals surface area contributed by atoms with Gasteiger partial charge in [-0.05, 0) is 22.4 Å². The van der Waals surface area contributed by atoms with E-state index in [-0.39, 0.29) is 6.54 Å². The molecule has 2 aromatic heterocycles. The molecule has 1 atom stereocenters. The summed E-state index contributed by atoms with van der Waals surface area (Å²) in [6.45, 7) is 0.139. The van der Waals surface area contributed by atoms with Crippen molar-refractivity contribution in [2.75, 3.05) is 11.9 Å². The third kappa shape index (κ3) is 3.05. The summed E-state index contributed by atoms with van der Waals surface area (Å²) in [7, 11) is 1.67. The highest BCUT2D eigenvalue weighted by Gasteiger charge is 2.11. The van der Waals surface area contributed by atoms with Gasteiger partial charge < -0.3 is 10.4 Å². The summed E-state index contributed by atoms with van der Waals surface area (Å²) < 4.78 is 1.44. The number of aryl methyl sites for hydroxylation is 1. The lowest BCUT2D eigenvalue weighted by atomic mass is 10.2. The molecule has 18 heavy (non-hydrogen) atoms. The molecule has 0 fully saturated rings. The second-order valence-electron chi connectivity index (χ2n) is 3.61. The normalized spacial score (nSPS) is 12.1. The minimum absolute atomic E-state index is 0.139. The zero-order valence-electron chi connectivity index (χ0n) is 9.70. The molecule has 0 radical (unpaired) electrons. The maximum Gasteiger partial charge on any atom is 0.321 e. The Hall–Kier alpha value is -1.93. The number of carbonyl (C=O) groups excluding carboxylic acids is 1. The Balaban J connectivity index is 1.80. The Kier molecular flexibility index (Phi) is 3.90. The number of amides is 2. The number of aliphatic hydroxyl groups excluding tert-OH is 1. The van der Waals surface area contributed by atoms with Crippen LogP contribution in [0.4, 0.5) is 10.7 Å². The number of aromatic nitrogens is 3. The summed E-state index contributed by atoms with van der Waals surface area (Å²) in [5.74, 6) is 0.345. The van der Waals surface area contributed by atoms with Gasteiger partial charge in [0.15, 0.2) is 0 Å². The molecule has 0 saturated heterocycles. The van der Waals surface area contributed by atoms with Crippen LogP contribution in [-0.4, -0.2) is 32.4 Å². The second-order valence-corrected chi connectivity index (χ2v) is 4.39. The Morgan fingerprint density at radius 1 is 1.67 bits per heavy atom. The van der Waals surface area contributed by atoms with Gasteiger partial charge >= 0.3 is 6.03 Å². The molecule has 3 N–H and O–H groups in total. The molecule has 0 saturated carbocycles.